The molecule has 0 aliphatic heterocycles. The van der Waals surface area contributed by atoms with E-state index in [1.165, 1.54) is 5.56 Å². The van der Waals surface area contributed by atoms with Crippen LogP contribution in [0.3, 0.4) is 0 Å². The number of rotatable bonds is 5. The summed E-state index contributed by atoms with van der Waals surface area (Å²) >= 11 is 0. The Balaban J connectivity index is 1.95. The normalized spacial score (nSPS) is 12.3. The van der Waals surface area contributed by atoms with Gasteiger partial charge in [-0.15, -0.1) is 0 Å². The van der Waals surface area contributed by atoms with E-state index < -0.39 is 0 Å². The van der Waals surface area contributed by atoms with Crippen LogP contribution in [0, 0.1) is 11.3 Å². The van der Waals surface area contributed by atoms with Crippen molar-refractivity contribution >= 4 is 0 Å². The van der Waals surface area contributed by atoms with Crippen molar-refractivity contribution in [1.29, 1.82) is 5.26 Å². The first-order valence-corrected chi connectivity index (χ1v) is 5.93. The smallest absolute Gasteiger partial charge is 0.138 e. The molecule has 2 aromatic rings. The first kappa shape index (κ1) is 12.3. The van der Waals surface area contributed by atoms with E-state index in [0.29, 0.717) is 0 Å². The highest BCUT2D eigenvalue weighted by Gasteiger charge is 2.16. The molecule has 0 aromatic carbocycles. The van der Waals surface area contributed by atoms with Gasteiger partial charge in [-0.25, -0.2) is 0 Å². The Labute approximate surface area is 107 Å². The SMILES string of the molecule is CN(CCc1ccncc1)C(C#N)c1ccc[nH]1. The van der Waals surface area contributed by atoms with Crippen LogP contribution in [0.2, 0.25) is 0 Å². The predicted octanol–water partition coefficient (Wildman–Crippen LogP) is 2.15. The summed E-state index contributed by atoms with van der Waals surface area (Å²) in [5, 5.41) is 9.24. The Morgan fingerprint density at radius 2 is 2.17 bits per heavy atom. The Morgan fingerprint density at radius 3 is 2.78 bits per heavy atom. The van der Waals surface area contributed by atoms with Crippen molar-refractivity contribution in [3.05, 3.63) is 54.1 Å². The van der Waals surface area contributed by atoms with Crippen molar-refractivity contribution in [2.45, 2.75) is 12.5 Å². The molecular weight excluding hydrogens is 224 g/mol. The summed E-state index contributed by atoms with van der Waals surface area (Å²) in [6.45, 7) is 0.835. The molecule has 18 heavy (non-hydrogen) atoms. The van der Waals surface area contributed by atoms with Gasteiger partial charge in [-0.1, -0.05) is 0 Å². The molecule has 1 N–H and O–H groups in total. The van der Waals surface area contributed by atoms with E-state index in [0.717, 1.165) is 18.7 Å². The molecule has 2 rings (SSSR count). The molecule has 0 saturated heterocycles. The van der Waals surface area contributed by atoms with E-state index in [-0.39, 0.29) is 6.04 Å². The number of likely N-dealkylation sites (N-methyl/N-ethyl adjacent to an activating group) is 1. The van der Waals surface area contributed by atoms with E-state index in [1.54, 1.807) is 12.4 Å². The van der Waals surface area contributed by atoms with Crippen LogP contribution >= 0.6 is 0 Å². The van der Waals surface area contributed by atoms with Crippen LogP contribution in [0.4, 0.5) is 0 Å². The number of nitrogens with one attached hydrogen (secondary N) is 1. The van der Waals surface area contributed by atoms with E-state index in [4.69, 9.17) is 0 Å². The van der Waals surface area contributed by atoms with Gasteiger partial charge in [0, 0.05) is 30.8 Å². The number of pyridine rings is 1. The van der Waals surface area contributed by atoms with Gasteiger partial charge in [0.05, 0.1) is 6.07 Å². The zero-order valence-corrected chi connectivity index (χ0v) is 10.4. The third kappa shape index (κ3) is 2.96. The molecule has 2 aromatic heterocycles. The molecule has 2 heterocycles. The fourth-order valence-electron chi connectivity index (χ4n) is 1.90. The number of nitrogens with zero attached hydrogens (tertiary/aromatic N) is 3. The van der Waals surface area contributed by atoms with E-state index in [1.807, 2.05) is 42.4 Å². The van der Waals surface area contributed by atoms with Crippen LogP contribution in [0.1, 0.15) is 17.3 Å². The molecule has 0 saturated carbocycles. The van der Waals surface area contributed by atoms with Crippen molar-refractivity contribution in [2.24, 2.45) is 0 Å². The third-order valence-electron chi connectivity index (χ3n) is 2.98. The molecule has 0 amide bonds. The van der Waals surface area contributed by atoms with Crippen molar-refractivity contribution in [3.63, 3.8) is 0 Å². The topological polar surface area (TPSA) is 55.7 Å². The number of nitriles is 1. The number of H-pyrrole nitrogens is 1. The number of aromatic amines is 1. The molecule has 4 heteroatoms. The quantitative estimate of drug-likeness (QED) is 0.871. The lowest BCUT2D eigenvalue weighted by Gasteiger charge is -2.21. The standard InChI is InChI=1S/C14H16N4/c1-18(10-6-12-4-8-16-9-5-12)14(11-15)13-3-2-7-17-13/h2-5,7-9,14,17H,6,10H2,1H3. The van der Waals surface area contributed by atoms with Crippen LogP contribution in [0.15, 0.2) is 42.9 Å². The lowest BCUT2D eigenvalue weighted by molar-refractivity contribution is 0.291. The molecule has 1 atom stereocenters. The molecule has 0 fully saturated rings. The van der Waals surface area contributed by atoms with E-state index in [9.17, 15) is 5.26 Å². The molecular formula is C14H16N4. The number of aromatic nitrogens is 2. The average Bonchev–Trinajstić information content (AvgIpc) is 2.92. The monoisotopic (exact) mass is 240 g/mol. The third-order valence-corrected chi connectivity index (χ3v) is 2.98. The van der Waals surface area contributed by atoms with Gasteiger partial charge >= 0.3 is 0 Å². The summed E-state index contributed by atoms with van der Waals surface area (Å²) in [4.78, 5) is 9.13. The average molecular weight is 240 g/mol. The maximum atomic E-state index is 9.24. The lowest BCUT2D eigenvalue weighted by atomic mass is 10.1. The Morgan fingerprint density at radius 1 is 1.39 bits per heavy atom. The van der Waals surface area contributed by atoms with Gasteiger partial charge in [0.15, 0.2) is 0 Å². The van der Waals surface area contributed by atoms with Crippen LogP contribution in [-0.4, -0.2) is 28.5 Å². The summed E-state index contributed by atoms with van der Waals surface area (Å²) in [5.41, 5.74) is 2.18. The van der Waals surface area contributed by atoms with Crippen molar-refractivity contribution in [3.8, 4) is 6.07 Å². The van der Waals surface area contributed by atoms with Crippen LogP contribution in [-0.2, 0) is 6.42 Å². The fraction of sp³-hybridized carbons (Fsp3) is 0.286. The highest BCUT2D eigenvalue weighted by Crippen LogP contribution is 2.16. The van der Waals surface area contributed by atoms with Gasteiger partial charge < -0.3 is 4.98 Å². The minimum atomic E-state index is -0.221. The summed E-state index contributed by atoms with van der Waals surface area (Å²) in [5.74, 6) is 0. The molecule has 4 nitrogen and oxygen atoms in total. The van der Waals surface area contributed by atoms with E-state index in [2.05, 4.69) is 16.0 Å². The van der Waals surface area contributed by atoms with Crippen LogP contribution in [0.5, 0.6) is 0 Å². The molecule has 92 valence electrons. The van der Waals surface area contributed by atoms with Gasteiger partial charge in [-0.3, -0.25) is 9.88 Å². The maximum absolute atomic E-state index is 9.24. The largest absolute Gasteiger partial charge is 0.363 e. The number of hydrogen-bond acceptors (Lipinski definition) is 3. The van der Waals surface area contributed by atoms with Crippen molar-refractivity contribution in [2.75, 3.05) is 13.6 Å². The molecule has 0 aliphatic rings. The zero-order valence-electron chi connectivity index (χ0n) is 10.4. The summed E-state index contributed by atoms with van der Waals surface area (Å²) in [6.07, 6.45) is 6.35. The van der Waals surface area contributed by atoms with Gasteiger partial charge in [-0.05, 0) is 43.3 Å². The minimum Gasteiger partial charge on any atom is -0.363 e. The fourth-order valence-corrected chi connectivity index (χ4v) is 1.90. The Bertz CT molecular complexity index is 498. The zero-order chi connectivity index (χ0) is 12.8. The maximum Gasteiger partial charge on any atom is 0.138 e. The summed E-state index contributed by atoms with van der Waals surface area (Å²) < 4.78 is 0. The predicted molar refractivity (Wildman–Crippen MR) is 69.7 cm³/mol. The summed E-state index contributed by atoms with van der Waals surface area (Å²) in [6, 6.07) is 9.96. The van der Waals surface area contributed by atoms with Gasteiger partial charge in [0.1, 0.15) is 6.04 Å². The molecule has 1 unspecified atom stereocenters. The van der Waals surface area contributed by atoms with E-state index >= 15 is 0 Å². The first-order chi connectivity index (χ1) is 8.81. The molecule has 0 bridgehead atoms. The number of hydrogen-bond donors (Lipinski definition) is 1. The second-order valence-corrected chi connectivity index (χ2v) is 4.24. The molecule has 0 radical (unpaired) electrons. The molecule has 0 spiro atoms. The lowest BCUT2D eigenvalue weighted by Crippen LogP contribution is -2.26. The second kappa shape index (κ2) is 5.99. The Kier molecular flexibility index (Phi) is 4.11. The second-order valence-electron chi connectivity index (χ2n) is 4.24. The van der Waals surface area contributed by atoms with Crippen molar-refractivity contribution < 1.29 is 0 Å². The minimum absolute atomic E-state index is 0.221. The Hall–Kier alpha value is -2.12. The molecule has 0 aliphatic carbocycles. The van der Waals surface area contributed by atoms with Gasteiger partial charge in [0.25, 0.3) is 0 Å². The highest BCUT2D eigenvalue weighted by atomic mass is 15.1. The summed E-state index contributed by atoms with van der Waals surface area (Å²) in [7, 11) is 1.97. The van der Waals surface area contributed by atoms with Gasteiger partial charge in [0.2, 0.25) is 0 Å². The van der Waals surface area contributed by atoms with Crippen LogP contribution in [0.25, 0.3) is 0 Å². The highest BCUT2D eigenvalue weighted by molar-refractivity contribution is 5.17. The van der Waals surface area contributed by atoms with Gasteiger partial charge in [-0.2, -0.15) is 5.26 Å². The first-order valence-electron chi connectivity index (χ1n) is 5.93. The van der Waals surface area contributed by atoms with Crippen molar-refractivity contribution in [1.82, 2.24) is 14.9 Å². The van der Waals surface area contributed by atoms with Crippen LogP contribution < -0.4 is 0 Å².